The molecule has 4 aliphatic carbocycles. The van der Waals surface area contributed by atoms with Crippen LogP contribution < -0.4 is 30.2 Å². The lowest BCUT2D eigenvalue weighted by Gasteiger charge is -2.64. The number of rotatable bonds is 7. The SMILES string of the molecule is c1ccc([Si](c2ccccc2)(c2ccccc2)c2ccc(-c3cc(N4c5ccccc5C5(c6ccccc64)C4CC6CC(C4)CC5C6)nc(-[n+]4ccccc4)n3)cc2)cc1. The van der Waals surface area contributed by atoms with Gasteiger partial charge in [-0.1, -0.05) is 163 Å². The number of pyridine rings is 1. The highest BCUT2D eigenvalue weighted by Crippen LogP contribution is 2.69. The number of hydrogen-bond acceptors (Lipinski definition) is 3. The van der Waals surface area contributed by atoms with E-state index in [1.807, 2.05) is 35.2 Å². The van der Waals surface area contributed by atoms with Gasteiger partial charge in [-0.05, 0) is 117 Å². The summed E-state index contributed by atoms with van der Waals surface area (Å²) in [4.78, 5) is 13.2. The molecule has 0 saturated heterocycles. The van der Waals surface area contributed by atoms with Crippen LogP contribution in [0.15, 0.2) is 200 Å². The van der Waals surface area contributed by atoms with Crippen molar-refractivity contribution >= 4 is 46.0 Å². The first kappa shape index (κ1) is 35.5. The lowest BCUT2D eigenvalue weighted by molar-refractivity contribution is -0.603. The van der Waals surface area contributed by atoms with E-state index >= 15 is 0 Å². The van der Waals surface area contributed by atoms with Crippen molar-refractivity contribution in [2.45, 2.75) is 37.5 Å². The van der Waals surface area contributed by atoms with Crippen molar-refractivity contribution in [1.29, 1.82) is 0 Å². The zero-order valence-corrected chi connectivity index (χ0v) is 34.7. The van der Waals surface area contributed by atoms with Crippen LogP contribution in [0.25, 0.3) is 17.2 Å². The van der Waals surface area contributed by atoms with E-state index in [4.69, 9.17) is 9.97 Å². The Labute approximate surface area is 353 Å². The summed E-state index contributed by atoms with van der Waals surface area (Å²) in [6, 6.07) is 69.7. The predicted octanol–water partition coefficient (Wildman–Crippen LogP) is 9.32. The maximum Gasteiger partial charge on any atom is 0.440 e. The van der Waals surface area contributed by atoms with Gasteiger partial charge in [0.05, 0.1) is 23.8 Å². The van der Waals surface area contributed by atoms with E-state index in [9.17, 15) is 0 Å². The first-order valence-corrected chi connectivity index (χ1v) is 23.8. The topological polar surface area (TPSA) is 32.9 Å². The molecule has 4 bridgehead atoms. The fraction of sp³-hybridized carbons (Fsp3) is 0.182. The first-order valence-electron chi connectivity index (χ1n) is 21.8. The standard InChI is InChI=1S/C55H47N4Si/c1-5-17-44(18-6-1)60(45-19-7-2-8-20-45,46-21-9-3-10-22-46)47-29-27-41(28-30-47)50-38-53(57-54(56-50)58-31-15-4-16-32-58)59-51-25-13-11-23-48(51)55(49-24-12-14-26-52(49)59)42-34-39-33-40(36-42)37-43(55)35-39/h1-32,38-40,42-43H,33-37H2/q+1. The van der Waals surface area contributed by atoms with Crippen LogP contribution in [-0.2, 0) is 5.41 Å². The normalized spacial score (nSPS) is 20.8. The number of fused-ring (bicyclic) bond motifs is 2. The Kier molecular flexibility index (Phi) is 8.34. The van der Waals surface area contributed by atoms with Crippen LogP contribution in [0.2, 0.25) is 0 Å². The van der Waals surface area contributed by atoms with Gasteiger partial charge >= 0.3 is 5.95 Å². The molecule has 2 aromatic heterocycles. The molecule has 13 rings (SSSR count). The molecular formula is C55H47N4Si+. The Morgan fingerprint density at radius 2 is 0.917 bits per heavy atom. The minimum Gasteiger partial charge on any atom is -0.281 e. The second-order valence-corrected chi connectivity index (χ2v) is 21.5. The highest BCUT2D eigenvalue weighted by molar-refractivity contribution is 7.19. The maximum atomic E-state index is 5.44. The number of nitrogens with zero attached hydrogens (tertiary/aromatic N) is 4. The highest BCUT2D eigenvalue weighted by atomic mass is 28.3. The minimum atomic E-state index is -2.68. The van der Waals surface area contributed by atoms with Gasteiger partial charge in [0.25, 0.3) is 0 Å². The largest absolute Gasteiger partial charge is 0.440 e. The van der Waals surface area contributed by atoms with Crippen molar-refractivity contribution in [3.05, 3.63) is 212 Å². The van der Waals surface area contributed by atoms with E-state index in [0.717, 1.165) is 28.9 Å². The minimum absolute atomic E-state index is 0.0342. The Hall–Kier alpha value is -6.43. The third kappa shape index (κ3) is 5.31. The Morgan fingerprint density at radius 3 is 1.43 bits per heavy atom. The molecule has 1 aliphatic heterocycles. The summed E-state index contributed by atoms with van der Waals surface area (Å²) in [5.41, 5.74) is 7.49. The van der Waals surface area contributed by atoms with Crippen molar-refractivity contribution in [3.63, 3.8) is 0 Å². The zero-order chi connectivity index (χ0) is 39.7. The second kappa shape index (κ2) is 14.1. The molecule has 4 fully saturated rings. The number of para-hydroxylation sites is 2. The molecule has 0 radical (unpaired) electrons. The van der Waals surface area contributed by atoms with Crippen LogP contribution in [0, 0.1) is 23.7 Å². The van der Waals surface area contributed by atoms with Crippen molar-refractivity contribution < 1.29 is 4.57 Å². The molecule has 0 N–H and O–H groups in total. The van der Waals surface area contributed by atoms with Gasteiger partial charge in [0.2, 0.25) is 5.82 Å². The van der Waals surface area contributed by atoms with Gasteiger partial charge in [0.15, 0.2) is 13.8 Å². The number of aromatic nitrogens is 3. The molecule has 5 heteroatoms. The first-order chi connectivity index (χ1) is 29.7. The van der Waals surface area contributed by atoms with Gasteiger partial charge in [-0.15, -0.1) is 0 Å². The molecule has 0 atom stereocenters. The third-order valence-corrected chi connectivity index (χ3v) is 19.5. The lowest BCUT2D eigenvalue weighted by Crippen LogP contribution is -2.74. The molecule has 1 spiro atoms. The summed E-state index contributed by atoms with van der Waals surface area (Å²) in [7, 11) is -2.68. The highest BCUT2D eigenvalue weighted by Gasteiger charge is 2.61. The molecule has 4 saturated carbocycles. The molecule has 4 nitrogen and oxygen atoms in total. The van der Waals surface area contributed by atoms with Crippen LogP contribution in [0.5, 0.6) is 0 Å². The average Bonchev–Trinajstić information content (AvgIpc) is 3.32. The fourth-order valence-electron chi connectivity index (χ4n) is 12.7. The van der Waals surface area contributed by atoms with Crippen LogP contribution in [-0.4, -0.2) is 18.0 Å². The van der Waals surface area contributed by atoms with Crippen LogP contribution in [0.1, 0.15) is 43.2 Å². The molecule has 0 unspecified atom stereocenters. The van der Waals surface area contributed by atoms with E-state index in [2.05, 4.69) is 175 Å². The Bertz CT molecular complexity index is 2650. The predicted molar refractivity (Wildman–Crippen MR) is 245 cm³/mol. The van der Waals surface area contributed by atoms with Crippen LogP contribution in [0.3, 0.4) is 0 Å². The van der Waals surface area contributed by atoms with E-state index in [1.54, 1.807) is 0 Å². The lowest BCUT2D eigenvalue weighted by atomic mass is 9.41. The average molecular weight is 792 g/mol. The van der Waals surface area contributed by atoms with Gasteiger partial charge in [-0.2, -0.15) is 0 Å². The number of benzene rings is 6. The van der Waals surface area contributed by atoms with E-state index in [1.165, 1.54) is 75.4 Å². The summed E-state index contributed by atoms with van der Waals surface area (Å²) < 4.78 is 2.04. The second-order valence-electron chi connectivity index (χ2n) is 17.7. The molecule has 5 aliphatic rings. The summed E-state index contributed by atoms with van der Waals surface area (Å²) in [5, 5.41) is 5.42. The van der Waals surface area contributed by atoms with Crippen molar-refractivity contribution in [3.8, 4) is 17.2 Å². The number of anilines is 3. The monoisotopic (exact) mass is 791 g/mol. The number of hydrogen-bond donors (Lipinski definition) is 0. The fourth-order valence-corrected chi connectivity index (χ4v) is 17.4. The quantitative estimate of drug-likeness (QED) is 0.0917. The molecular weight excluding hydrogens is 745 g/mol. The molecule has 60 heavy (non-hydrogen) atoms. The van der Waals surface area contributed by atoms with E-state index in [-0.39, 0.29) is 5.41 Å². The third-order valence-electron chi connectivity index (χ3n) is 14.7. The smallest absolute Gasteiger partial charge is 0.281 e. The van der Waals surface area contributed by atoms with Gasteiger partial charge < -0.3 is 0 Å². The van der Waals surface area contributed by atoms with E-state index < -0.39 is 8.07 Å². The Morgan fingerprint density at radius 1 is 0.467 bits per heavy atom. The molecule has 8 aromatic rings. The summed E-state index contributed by atoms with van der Waals surface area (Å²) in [5.74, 6) is 4.65. The summed E-state index contributed by atoms with van der Waals surface area (Å²) in [6.45, 7) is 0. The van der Waals surface area contributed by atoms with Crippen molar-refractivity contribution in [2.24, 2.45) is 23.7 Å². The van der Waals surface area contributed by atoms with Gasteiger partial charge in [0, 0.05) is 17.0 Å². The summed E-state index contributed by atoms with van der Waals surface area (Å²) >= 11 is 0. The Balaban J connectivity index is 1.04. The molecule has 3 heterocycles. The maximum absolute atomic E-state index is 5.44. The van der Waals surface area contributed by atoms with Crippen molar-refractivity contribution in [1.82, 2.24) is 9.97 Å². The van der Waals surface area contributed by atoms with Crippen LogP contribution in [0.4, 0.5) is 17.2 Å². The van der Waals surface area contributed by atoms with E-state index in [0.29, 0.717) is 17.8 Å². The van der Waals surface area contributed by atoms with Gasteiger partial charge in [-0.3, -0.25) is 4.90 Å². The molecule has 6 aromatic carbocycles. The van der Waals surface area contributed by atoms with Gasteiger partial charge in [0.1, 0.15) is 0 Å². The van der Waals surface area contributed by atoms with Gasteiger partial charge in [-0.25, -0.2) is 4.57 Å². The zero-order valence-electron chi connectivity index (χ0n) is 33.7. The summed E-state index contributed by atoms with van der Waals surface area (Å²) in [6.07, 6.45) is 10.9. The molecule has 290 valence electrons. The van der Waals surface area contributed by atoms with Crippen molar-refractivity contribution in [2.75, 3.05) is 4.90 Å². The molecule has 0 amide bonds. The van der Waals surface area contributed by atoms with Crippen LogP contribution >= 0.6 is 0 Å².